The molecule has 29 heavy (non-hydrogen) atoms. The molecule has 0 aliphatic heterocycles. The fourth-order valence-corrected chi connectivity index (χ4v) is 2.74. The number of alkyl halides is 3. The third kappa shape index (κ3) is 4.83. The number of halogens is 4. The minimum absolute atomic E-state index is 0.164. The molecule has 1 aromatic heterocycles. The van der Waals surface area contributed by atoms with Crippen LogP contribution in [-0.4, -0.2) is 23.0 Å². The summed E-state index contributed by atoms with van der Waals surface area (Å²) in [6, 6.07) is 12.3. The molecular weight excluding hydrogens is 409 g/mol. The summed E-state index contributed by atoms with van der Waals surface area (Å²) >= 11 is 5.81. The van der Waals surface area contributed by atoms with E-state index in [0.717, 1.165) is 12.1 Å². The van der Waals surface area contributed by atoms with E-state index in [9.17, 15) is 22.8 Å². The summed E-state index contributed by atoms with van der Waals surface area (Å²) in [5.41, 5.74) is -0.672. The van der Waals surface area contributed by atoms with Crippen LogP contribution in [0.25, 0.3) is 10.9 Å². The number of carbonyl (C=O) groups is 2. The fourth-order valence-electron chi connectivity index (χ4n) is 2.58. The van der Waals surface area contributed by atoms with Gasteiger partial charge < -0.3 is 10.1 Å². The van der Waals surface area contributed by atoms with Crippen molar-refractivity contribution >= 4 is 40.1 Å². The molecule has 3 aromatic rings. The van der Waals surface area contributed by atoms with Crippen molar-refractivity contribution in [2.75, 3.05) is 5.32 Å². The summed E-state index contributed by atoms with van der Waals surface area (Å²) in [4.78, 5) is 28.6. The Hall–Kier alpha value is -3.13. The van der Waals surface area contributed by atoms with E-state index in [1.54, 1.807) is 18.2 Å². The molecule has 0 saturated carbocycles. The van der Waals surface area contributed by atoms with Crippen molar-refractivity contribution in [1.29, 1.82) is 0 Å². The van der Waals surface area contributed by atoms with Crippen LogP contribution in [0.2, 0.25) is 5.15 Å². The summed E-state index contributed by atoms with van der Waals surface area (Å²) in [7, 11) is 0. The maximum absolute atomic E-state index is 13.0. The molecule has 9 heteroatoms. The van der Waals surface area contributed by atoms with Gasteiger partial charge in [-0.05, 0) is 49.4 Å². The van der Waals surface area contributed by atoms with E-state index in [1.165, 1.54) is 31.2 Å². The lowest BCUT2D eigenvalue weighted by molar-refractivity contribution is -0.137. The van der Waals surface area contributed by atoms with Gasteiger partial charge in [-0.3, -0.25) is 4.79 Å². The van der Waals surface area contributed by atoms with E-state index in [2.05, 4.69) is 10.3 Å². The highest BCUT2D eigenvalue weighted by atomic mass is 35.5. The number of pyridine rings is 1. The Morgan fingerprint density at radius 2 is 1.83 bits per heavy atom. The first kappa shape index (κ1) is 20.6. The summed E-state index contributed by atoms with van der Waals surface area (Å²) in [5, 5.41) is 3.09. The van der Waals surface area contributed by atoms with Crippen LogP contribution in [0.15, 0.2) is 54.6 Å². The number of ether oxygens (including phenoxy) is 1. The summed E-state index contributed by atoms with van der Waals surface area (Å²) in [6.07, 6.45) is -5.95. The Bertz CT molecular complexity index is 1090. The number of rotatable bonds is 4. The van der Waals surface area contributed by atoms with Gasteiger partial charge in [-0.25, -0.2) is 9.78 Å². The number of aromatic nitrogens is 1. The second kappa shape index (κ2) is 8.08. The van der Waals surface area contributed by atoms with E-state index in [4.69, 9.17) is 16.3 Å². The van der Waals surface area contributed by atoms with Crippen LogP contribution in [0.1, 0.15) is 22.8 Å². The number of anilines is 1. The van der Waals surface area contributed by atoms with Crippen molar-refractivity contribution in [3.63, 3.8) is 0 Å². The van der Waals surface area contributed by atoms with Crippen LogP contribution in [0.3, 0.4) is 0 Å². The second-order valence-electron chi connectivity index (χ2n) is 6.12. The predicted octanol–water partition coefficient (Wildman–Crippen LogP) is 5.09. The van der Waals surface area contributed by atoms with E-state index in [1.807, 2.05) is 0 Å². The number of fused-ring (bicyclic) bond motifs is 1. The lowest BCUT2D eigenvalue weighted by atomic mass is 10.1. The van der Waals surface area contributed by atoms with E-state index >= 15 is 0 Å². The van der Waals surface area contributed by atoms with Crippen molar-refractivity contribution in [2.24, 2.45) is 0 Å². The molecule has 5 nitrogen and oxygen atoms in total. The molecule has 0 radical (unpaired) electrons. The predicted molar refractivity (Wildman–Crippen MR) is 102 cm³/mol. The molecule has 0 aliphatic carbocycles. The Morgan fingerprint density at radius 1 is 1.10 bits per heavy atom. The molecule has 0 aliphatic rings. The maximum Gasteiger partial charge on any atom is 0.418 e. The first-order valence-corrected chi connectivity index (χ1v) is 8.77. The Labute approximate surface area is 168 Å². The molecule has 2 aromatic carbocycles. The molecule has 3 rings (SSSR count). The minimum atomic E-state index is -4.63. The largest absolute Gasteiger partial charge is 0.449 e. The number of para-hydroxylation sites is 1. The van der Waals surface area contributed by atoms with Gasteiger partial charge in [0.25, 0.3) is 5.91 Å². The average molecular weight is 423 g/mol. The van der Waals surface area contributed by atoms with Gasteiger partial charge in [0.05, 0.1) is 22.3 Å². The zero-order valence-corrected chi connectivity index (χ0v) is 15.7. The second-order valence-corrected chi connectivity index (χ2v) is 6.51. The number of esters is 1. The lowest BCUT2D eigenvalue weighted by Gasteiger charge is -2.17. The zero-order chi connectivity index (χ0) is 21.2. The number of carbonyl (C=O) groups excluding carboxylic acids is 2. The molecule has 150 valence electrons. The molecule has 1 N–H and O–H groups in total. The van der Waals surface area contributed by atoms with Gasteiger partial charge in [0.2, 0.25) is 0 Å². The number of hydrogen-bond acceptors (Lipinski definition) is 4. The third-order valence-electron chi connectivity index (χ3n) is 4.03. The Kier molecular flexibility index (Phi) is 5.74. The van der Waals surface area contributed by atoms with Gasteiger partial charge in [-0.15, -0.1) is 0 Å². The molecule has 0 spiro atoms. The van der Waals surface area contributed by atoms with E-state index < -0.39 is 35.4 Å². The average Bonchev–Trinajstić information content (AvgIpc) is 2.67. The van der Waals surface area contributed by atoms with Gasteiger partial charge >= 0.3 is 12.1 Å². The number of benzene rings is 2. The van der Waals surface area contributed by atoms with Crippen molar-refractivity contribution in [3.05, 3.63) is 70.9 Å². The monoisotopic (exact) mass is 422 g/mol. The summed E-state index contributed by atoms with van der Waals surface area (Å²) in [6.45, 7) is 1.27. The Morgan fingerprint density at radius 3 is 2.55 bits per heavy atom. The number of nitrogens with zero attached hydrogens (tertiary/aromatic N) is 1. The first-order valence-electron chi connectivity index (χ1n) is 8.39. The maximum atomic E-state index is 13.0. The van der Waals surface area contributed by atoms with Crippen molar-refractivity contribution in [2.45, 2.75) is 19.2 Å². The van der Waals surface area contributed by atoms with Gasteiger partial charge in [0.1, 0.15) is 5.15 Å². The summed E-state index contributed by atoms with van der Waals surface area (Å²) in [5.74, 6) is -1.68. The normalized spacial score (nSPS) is 12.4. The molecule has 0 saturated heterocycles. The molecule has 1 unspecified atom stereocenters. The molecule has 0 bridgehead atoms. The van der Waals surface area contributed by atoms with Gasteiger partial charge in [-0.2, -0.15) is 13.2 Å². The SMILES string of the molecule is CC(OC(=O)c1ccc2nc(Cl)ccc2c1)C(=O)Nc1ccccc1C(F)(F)F. The highest BCUT2D eigenvalue weighted by Gasteiger charge is 2.34. The quantitative estimate of drug-likeness (QED) is 0.469. The van der Waals surface area contributed by atoms with Crippen LogP contribution in [0.4, 0.5) is 18.9 Å². The molecule has 0 fully saturated rings. The molecular formula is C20H14ClF3N2O3. The van der Waals surface area contributed by atoms with Crippen LogP contribution >= 0.6 is 11.6 Å². The number of nitrogens with one attached hydrogen (secondary N) is 1. The lowest BCUT2D eigenvalue weighted by Crippen LogP contribution is -2.30. The molecule has 1 heterocycles. The van der Waals surface area contributed by atoms with Gasteiger partial charge in [0.15, 0.2) is 6.10 Å². The minimum Gasteiger partial charge on any atom is -0.449 e. The van der Waals surface area contributed by atoms with Crippen molar-refractivity contribution in [1.82, 2.24) is 4.98 Å². The summed E-state index contributed by atoms with van der Waals surface area (Å²) < 4.78 is 44.2. The van der Waals surface area contributed by atoms with Gasteiger partial charge in [-0.1, -0.05) is 23.7 Å². The van der Waals surface area contributed by atoms with Crippen LogP contribution in [0.5, 0.6) is 0 Å². The molecule has 1 atom stereocenters. The van der Waals surface area contributed by atoms with Crippen LogP contribution < -0.4 is 5.32 Å². The van der Waals surface area contributed by atoms with Crippen LogP contribution in [0, 0.1) is 0 Å². The van der Waals surface area contributed by atoms with Gasteiger partial charge in [0, 0.05) is 5.39 Å². The van der Waals surface area contributed by atoms with Crippen molar-refractivity contribution in [3.8, 4) is 0 Å². The highest BCUT2D eigenvalue weighted by molar-refractivity contribution is 6.29. The highest BCUT2D eigenvalue weighted by Crippen LogP contribution is 2.34. The molecule has 1 amide bonds. The third-order valence-corrected chi connectivity index (χ3v) is 4.24. The zero-order valence-electron chi connectivity index (χ0n) is 15.0. The standard InChI is InChI=1S/C20H14ClF3N2O3/c1-11(18(27)26-16-5-3-2-4-14(16)20(22,23)24)29-19(28)13-6-8-15-12(10-13)7-9-17(21)25-15/h2-11H,1H3,(H,26,27). The number of hydrogen-bond donors (Lipinski definition) is 1. The van der Waals surface area contributed by atoms with Crippen LogP contribution in [-0.2, 0) is 15.7 Å². The first-order chi connectivity index (χ1) is 13.6. The van der Waals surface area contributed by atoms with Crippen molar-refractivity contribution < 1.29 is 27.5 Å². The van der Waals surface area contributed by atoms with E-state index in [-0.39, 0.29) is 5.56 Å². The Balaban J connectivity index is 1.71. The smallest absolute Gasteiger partial charge is 0.418 e. The number of amides is 1. The fraction of sp³-hybridized carbons (Fsp3) is 0.150. The van der Waals surface area contributed by atoms with E-state index in [0.29, 0.717) is 16.1 Å². The topological polar surface area (TPSA) is 68.3 Å².